The van der Waals surface area contributed by atoms with Gasteiger partial charge in [-0.05, 0) is 44.0 Å². The van der Waals surface area contributed by atoms with Crippen molar-refractivity contribution in [2.24, 2.45) is 5.92 Å². The van der Waals surface area contributed by atoms with E-state index in [0.29, 0.717) is 22.0 Å². The lowest BCUT2D eigenvalue weighted by molar-refractivity contribution is -0.0123. The van der Waals surface area contributed by atoms with Crippen molar-refractivity contribution in [2.75, 3.05) is 19.6 Å². The van der Waals surface area contributed by atoms with Crippen molar-refractivity contribution in [3.8, 4) is 17.1 Å². The van der Waals surface area contributed by atoms with E-state index in [0.717, 1.165) is 17.7 Å². The van der Waals surface area contributed by atoms with Crippen LogP contribution >= 0.6 is 23.2 Å². The predicted octanol–water partition coefficient (Wildman–Crippen LogP) is 3.92. The van der Waals surface area contributed by atoms with E-state index in [1.165, 1.54) is 25.9 Å². The van der Waals surface area contributed by atoms with Gasteiger partial charge in [0.05, 0.1) is 0 Å². The molecular weight excluding hydrogens is 333 g/mol. The number of piperidine rings is 3. The third-order valence-corrected chi connectivity index (χ3v) is 5.27. The molecule has 5 rings (SSSR count). The highest BCUT2D eigenvalue weighted by Gasteiger charge is 2.35. The fourth-order valence-corrected chi connectivity index (χ4v) is 3.94. The molecule has 0 saturated carbocycles. The lowest BCUT2D eigenvalue weighted by atomic mass is 9.86. The highest BCUT2D eigenvalue weighted by atomic mass is 35.5. The van der Waals surface area contributed by atoms with E-state index < -0.39 is 0 Å². The first-order valence-electron chi connectivity index (χ1n) is 7.85. The maximum atomic E-state index is 6.23. The number of benzene rings is 1. The summed E-state index contributed by atoms with van der Waals surface area (Å²) >= 11 is 12.2. The Morgan fingerprint density at radius 2 is 1.83 bits per heavy atom. The van der Waals surface area contributed by atoms with E-state index in [1.807, 2.05) is 6.07 Å². The fraction of sp³-hybridized carbons (Fsp3) is 0.412. The van der Waals surface area contributed by atoms with Gasteiger partial charge in [-0.15, -0.1) is 0 Å². The van der Waals surface area contributed by atoms with Crippen LogP contribution in [-0.2, 0) is 0 Å². The average Bonchev–Trinajstić information content (AvgIpc) is 2.57. The maximum Gasteiger partial charge on any atom is 0.316 e. The fourth-order valence-electron chi connectivity index (χ4n) is 3.42. The minimum atomic E-state index is 0.211. The summed E-state index contributed by atoms with van der Waals surface area (Å²) in [5.74, 6) is 0.633. The summed E-state index contributed by atoms with van der Waals surface area (Å²) in [6.07, 6.45) is 6.13. The quantitative estimate of drug-likeness (QED) is 0.841. The Bertz CT molecular complexity index is 699. The van der Waals surface area contributed by atoms with Crippen LogP contribution in [0, 0.1) is 5.92 Å². The Morgan fingerprint density at radius 3 is 2.43 bits per heavy atom. The van der Waals surface area contributed by atoms with Crippen molar-refractivity contribution in [3.05, 3.63) is 40.6 Å². The normalized spacial score (nSPS) is 26.3. The Morgan fingerprint density at radius 1 is 1.09 bits per heavy atom. The van der Waals surface area contributed by atoms with E-state index in [2.05, 4.69) is 14.9 Å². The van der Waals surface area contributed by atoms with Crippen LogP contribution in [0.5, 0.6) is 6.01 Å². The van der Waals surface area contributed by atoms with Gasteiger partial charge in [-0.1, -0.05) is 29.3 Å². The van der Waals surface area contributed by atoms with E-state index >= 15 is 0 Å². The smallest absolute Gasteiger partial charge is 0.316 e. The maximum absolute atomic E-state index is 6.23. The van der Waals surface area contributed by atoms with Crippen LogP contribution in [0.2, 0.25) is 10.0 Å². The van der Waals surface area contributed by atoms with Gasteiger partial charge in [-0.25, -0.2) is 9.97 Å². The average molecular weight is 350 g/mol. The Labute approximate surface area is 145 Å². The zero-order valence-corrected chi connectivity index (χ0v) is 14.1. The molecule has 1 aromatic heterocycles. The Balaban J connectivity index is 1.50. The van der Waals surface area contributed by atoms with Crippen molar-refractivity contribution < 1.29 is 4.74 Å². The molecule has 4 nitrogen and oxygen atoms in total. The number of aromatic nitrogens is 2. The summed E-state index contributed by atoms with van der Waals surface area (Å²) in [4.78, 5) is 11.2. The number of halogens is 2. The minimum absolute atomic E-state index is 0.211. The molecule has 0 radical (unpaired) electrons. The van der Waals surface area contributed by atoms with Gasteiger partial charge in [-0.2, -0.15) is 0 Å². The standard InChI is InChI=1S/C17H17Cl2N3O/c18-13-1-2-14(15(19)7-13)12-8-20-17(21-9-12)23-16-10-22-5-3-11(16)4-6-22/h1-2,7-9,11,16H,3-6,10H2. The third-order valence-electron chi connectivity index (χ3n) is 4.72. The van der Waals surface area contributed by atoms with E-state index in [9.17, 15) is 0 Å². The monoisotopic (exact) mass is 349 g/mol. The number of fused-ring (bicyclic) bond motifs is 3. The molecule has 2 bridgehead atoms. The molecule has 0 N–H and O–H groups in total. The third kappa shape index (κ3) is 3.16. The number of nitrogens with zero attached hydrogens (tertiary/aromatic N) is 3. The van der Waals surface area contributed by atoms with Crippen LogP contribution < -0.4 is 4.74 Å². The van der Waals surface area contributed by atoms with Gasteiger partial charge in [0.25, 0.3) is 0 Å². The van der Waals surface area contributed by atoms with E-state index in [4.69, 9.17) is 27.9 Å². The van der Waals surface area contributed by atoms with Crippen LogP contribution in [0.4, 0.5) is 0 Å². The summed E-state index contributed by atoms with van der Waals surface area (Å²) < 4.78 is 6.01. The first-order valence-corrected chi connectivity index (χ1v) is 8.61. The van der Waals surface area contributed by atoms with Crippen LogP contribution in [-0.4, -0.2) is 40.6 Å². The molecule has 3 aliphatic rings. The summed E-state index contributed by atoms with van der Waals surface area (Å²) in [6, 6.07) is 5.84. The summed E-state index contributed by atoms with van der Waals surface area (Å²) in [5.41, 5.74) is 1.72. The predicted molar refractivity (Wildman–Crippen MR) is 91.1 cm³/mol. The number of ether oxygens (including phenoxy) is 1. The second-order valence-electron chi connectivity index (χ2n) is 6.17. The molecule has 1 unspecified atom stereocenters. The van der Waals surface area contributed by atoms with Gasteiger partial charge in [0, 0.05) is 40.1 Å². The van der Waals surface area contributed by atoms with Gasteiger partial charge in [0.2, 0.25) is 0 Å². The summed E-state index contributed by atoms with van der Waals surface area (Å²) in [7, 11) is 0. The van der Waals surface area contributed by atoms with E-state index in [-0.39, 0.29) is 6.10 Å². The topological polar surface area (TPSA) is 38.2 Å². The Kier molecular flexibility index (Phi) is 4.14. The number of hydrogen-bond acceptors (Lipinski definition) is 4. The molecule has 3 aliphatic heterocycles. The zero-order valence-electron chi connectivity index (χ0n) is 12.6. The van der Waals surface area contributed by atoms with Crippen LogP contribution in [0.3, 0.4) is 0 Å². The first-order chi connectivity index (χ1) is 11.2. The SMILES string of the molecule is Clc1ccc(-c2cnc(OC3CN4CCC3CC4)nc2)c(Cl)c1. The van der Waals surface area contributed by atoms with Gasteiger partial charge in [0.15, 0.2) is 0 Å². The van der Waals surface area contributed by atoms with Crippen molar-refractivity contribution in [1.82, 2.24) is 14.9 Å². The Hall–Kier alpha value is -1.36. The molecular formula is C17H17Cl2N3O. The van der Waals surface area contributed by atoms with Gasteiger partial charge in [-0.3, -0.25) is 4.90 Å². The first kappa shape index (κ1) is 15.2. The zero-order chi connectivity index (χ0) is 15.8. The van der Waals surface area contributed by atoms with E-state index in [1.54, 1.807) is 24.5 Å². The highest BCUT2D eigenvalue weighted by Crippen LogP contribution is 2.31. The van der Waals surface area contributed by atoms with Crippen LogP contribution in [0.1, 0.15) is 12.8 Å². The number of hydrogen-bond donors (Lipinski definition) is 0. The van der Waals surface area contributed by atoms with Crippen molar-refractivity contribution in [3.63, 3.8) is 0 Å². The second kappa shape index (κ2) is 6.27. The molecule has 0 aliphatic carbocycles. The second-order valence-corrected chi connectivity index (χ2v) is 7.02. The highest BCUT2D eigenvalue weighted by molar-refractivity contribution is 6.36. The molecule has 3 fully saturated rings. The van der Waals surface area contributed by atoms with Crippen LogP contribution in [0.15, 0.2) is 30.6 Å². The lowest BCUT2D eigenvalue weighted by Gasteiger charge is -2.43. The molecule has 0 spiro atoms. The van der Waals surface area contributed by atoms with Crippen molar-refractivity contribution in [2.45, 2.75) is 18.9 Å². The molecule has 120 valence electrons. The molecule has 3 saturated heterocycles. The van der Waals surface area contributed by atoms with Gasteiger partial charge in [0.1, 0.15) is 6.10 Å². The summed E-state index contributed by atoms with van der Waals surface area (Å²) in [5, 5.41) is 1.20. The molecule has 6 heteroatoms. The minimum Gasteiger partial charge on any atom is -0.458 e. The largest absolute Gasteiger partial charge is 0.458 e. The molecule has 23 heavy (non-hydrogen) atoms. The van der Waals surface area contributed by atoms with Crippen molar-refractivity contribution in [1.29, 1.82) is 0 Å². The van der Waals surface area contributed by atoms with Gasteiger partial charge >= 0.3 is 6.01 Å². The molecule has 1 atom stereocenters. The molecule has 2 aromatic rings. The lowest BCUT2D eigenvalue weighted by Crippen LogP contribution is -2.52. The van der Waals surface area contributed by atoms with Gasteiger partial charge < -0.3 is 4.74 Å². The summed E-state index contributed by atoms with van der Waals surface area (Å²) in [6.45, 7) is 3.37. The number of rotatable bonds is 3. The molecule has 4 heterocycles. The van der Waals surface area contributed by atoms with Crippen molar-refractivity contribution >= 4 is 23.2 Å². The van der Waals surface area contributed by atoms with Crippen LogP contribution in [0.25, 0.3) is 11.1 Å². The molecule has 0 amide bonds. The molecule has 1 aromatic carbocycles.